The van der Waals surface area contributed by atoms with Crippen LogP contribution in [0.4, 0.5) is 5.69 Å². The first kappa shape index (κ1) is 16.8. The first-order valence-electron chi connectivity index (χ1n) is 6.87. The molecule has 0 aliphatic rings. The van der Waals surface area contributed by atoms with Gasteiger partial charge in [0.05, 0.1) is 12.5 Å². The average Bonchev–Trinajstić information content (AvgIpc) is 2.46. The van der Waals surface area contributed by atoms with E-state index in [0.29, 0.717) is 24.2 Å². The topological polar surface area (TPSA) is 95.5 Å². The van der Waals surface area contributed by atoms with Crippen molar-refractivity contribution in [2.45, 2.75) is 32.7 Å². The lowest BCUT2D eigenvalue weighted by Gasteiger charge is -2.14. The number of amides is 1. The number of carboxylic acids is 1. The van der Waals surface area contributed by atoms with Crippen molar-refractivity contribution in [2.24, 2.45) is 0 Å². The molecule has 0 aliphatic heterocycles. The van der Waals surface area contributed by atoms with E-state index in [0.717, 1.165) is 0 Å². The minimum Gasteiger partial charge on any atom is -0.481 e. The molecule has 1 aromatic rings. The standard InChI is InChI=1S/C15H20N2O4/c1-3-13(18)17-11-7-5-10(6-8-11)15(21)12(16-4-2)9-14(19)20/h5-8,12,16H,3-4,9H2,1-2H3,(H,17,18)(H,19,20). The summed E-state index contributed by atoms with van der Waals surface area (Å²) < 4.78 is 0. The van der Waals surface area contributed by atoms with Crippen molar-refractivity contribution in [2.75, 3.05) is 11.9 Å². The first-order chi connectivity index (χ1) is 9.97. The Balaban J connectivity index is 2.81. The van der Waals surface area contributed by atoms with Gasteiger partial charge in [0.1, 0.15) is 0 Å². The third-order valence-electron chi connectivity index (χ3n) is 2.92. The number of carbonyl (C=O) groups excluding carboxylic acids is 2. The zero-order chi connectivity index (χ0) is 15.8. The molecule has 0 heterocycles. The molecular weight excluding hydrogens is 272 g/mol. The van der Waals surface area contributed by atoms with E-state index in [1.807, 2.05) is 6.92 Å². The van der Waals surface area contributed by atoms with E-state index in [4.69, 9.17) is 5.11 Å². The molecule has 6 heteroatoms. The maximum Gasteiger partial charge on any atom is 0.305 e. The second kappa shape index (κ2) is 8.16. The van der Waals surface area contributed by atoms with Gasteiger partial charge in [0.15, 0.2) is 5.78 Å². The molecule has 0 spiro atoms. The number of anilines is 1. The monoisotopic (exact) mass is 292 g/mol. The van der Waals surface area contributed by atoms with Crippen LogP contribution in [-0.4, -0.2) is 35.4 Å². The van der Waals surface area contributed by atoms with Gasteiger partial charge in [-0.1, -0.05) is 13.8 Å². The van der Waals surface area contributed by atoms with E-state index < -0.39 is 12.0 Å². The molecule has 1 aromatic carbocycles. The molecule has 1 rings (SSSR count). The fourth-order valence-electron chi connectivity index (χ4n) is 1.85. The van der Waals surface area contributed by atoms with Gasteiger partial charge in [-0.25, -0.2) is 0 Å². The summed E-state index contributed by atoms with van der Waals surface area (Å²) in [6, 6.07) is 5.68. The van der Waals surface area contributed by atoms with Gasteiger partial charge in [0.2, 0.25) is 5.91 Å². The first-order valence-corrected chi connectivity index (χ1v) is 6.87. The molecule has 1 amide bonds. The highest BCUT2D eigenvalue weighted by molar-refractivity contribution is 6.02. The van der Waals surface area contributed by atoms with Gasteiger partial charge in [-0.15, -0.1) is 0 Å². The lowest BCUT2D eigenvalue weighted by atomic mass is 10.0. The third-order valence-corrected chi connectivity index (χ3v) is 2.92. The molecule has 1 unspecified atom stereocenters. The van der Waals surface area contributed by atoms with E-state index in [-0.39, 0.29) is 18.1 Å². The summed E-state index contributed by atoms with van der Waals surface area (Å²) in [7, 11) is 0. The number of nitrogens with one attached hydrogen (secondary N) is 2. The van der Waals surface area contributed by atoms with Gasteiger partial charge in [-0.3, -0.25) is 14.4 Å². The number of hydrogen-bond donors (Lipinski definition) is 3. The maximum atomic E-state index is 12.2. The Morgan fingerprint density at radius 3 is 2.24 bits per heavy atom. The van der Waals surface area contributed by atoms with Crippen LogP contribution in [0, 0.1) is 0 Å². The highest BCUT2D eigenvalue weighted by Gasteiger charge is 2.21. The summed E-state index contributed by atoms with van der Waals surface area (Å²) in [4.78, 5) is 34.3. The summed E-state index contributed by atoms with van der Waals surface area (Å²) in [6.45, 7) is 4.07. The fraction of sp³-hybridized carbons (Fsp3) is 0.400. The maximum absolute atomic E-state index is 12.2. The summed E-state index contributed by atoms with van der Waals surface area (Å²) in [5, 5.41) is 14.4. The van der Waals surface area contributed by atoms with E-state index in [1.165, 1.54) is 0 Å². The Kier molecular flexibility index (Phi) is 6.55. The van der Waals surface area contributed by atoms with Crippen LogP contribution in [0.25, 0.3) is 0 Å². The second-order valence-corrected chi connectivity index (χ2v) is 4.55. The molecule has 0 bridgehead atoms. The minimum atomic E-state index is -1.03. The van der Waals surface area contributed by atoms with Gasteiger partial charge in [0.25, 0.3) is 0 Å². The van der Waals surface area contributed by atoms with Crippen molar-refractivity contribution in [3.63, 3.8) is 0 Å². The van der Waals surface area contributed by atoms with Crippen molar-refractivity contribution in [3.05, 3.63) is 29.8 Å². The molecule has 114 valence electrons. The lowest BCUT2D eigenvalue weighted by Crippen LogP contribution is -2.38. The Hall–Kier alpha value is -2.21. The van der Waals surface area contributed by atoms with E-state index in [1.54, 1.807) is 31.2 Å². The number of hydrogen-bond acceptors (Lipinski definition) is 4. The second-order valence-electron chi connectivity index (χ2n) is 4.55. The van der Waals surface area contributed by atoms with Crippen LogP contribution in [0.2, 0.25) is 0 Å². The van der Waals surface area contributed by atoms with E-state index >= 15 is 0 Å². The molecule has 0 aliphatic carbocycles. The number of benzene rings is 1. The number of carboxylic acid groups (broad SMARTS) is 1. The Bertz CT molecular complexity index is 511. The molecule has 0 aromatic heterocycles. The van der Waals surface area contributed by atoms with Crippen molar-refractivity contribution in [1.82, 2.24) is 5.32 Å². The predicted molar refractivity (Wildman–Crippen MR) is 79.4 cm³/mol. The van der Waals surface area contributed by atoms with Crippen LogP contribution in [0.1, 0.15) is 37.0 Å². The molecule has 0 fully saturated rings. The quantitative estimate of drug-likeness (QED) is 0.633. The normalized spacial score (nSPS) is 11.7. The Morgan fingerprint density at radius 1 is 1.14 bits per heavy atom. The van der Waals surface area contributed by atoms with E-state index in [2.05, 4.69) is 10.6 Å². The SMILES string of the molecule is CCNC(CC(=O)O)C(=O)c1ccc(NC(=O)CC)cc1. The molecule has 3 N–H and O–H groups in total. The number of ketones is 1. The number of carbonyl (C=O) groups is 3. The largest absolute Gasteiger partial charge is 0.481 e. The highest BCUT2D eigenvalue weighted by atomic mass is 16.4. The van der Waals surface area contributed by atoms with Crippen LogP contribution in [0.5, 0.6) is 0 Å². The van der Waals surface area contributed by atoms with Crippen LogP contribution in [0.3, 0.4) is 0 Å². The smallest absolute Gasteiger partial charge is 0.305 e. The predicted octanol–water partition coefficient (Wildman–Crippen LogP) is 1.67. The van der Waals surface area contributed by atoms with Crippen molar-refractivity contribution in [1.29, 1.82) is 0 Å². The van der Waals surface area contributed by atoms with Crippen molar-refractivity contribution >= 4 is 23.3 Å². The van der Waals surface area contributed by atoms with Crippen LogP contribution < -0.4 is 10.6 Å². The fourth-order valence-corrected chi connectivity index (χ4v) is 1.85. The van der Waals surface area contributed by atoms with Crippen molar-refractivity contribution in [3.8, 4) is 0 Å². The molecule has 0 saturated heterocycles. The summed E-state index contributed by atoms with van der Waals surface area (Å²) in [5.74, 6) is -1.40. The van der Waals surface area contributed by atoms with E-state index in [9.17, 15) is 14.4 Å². The summed E-state index contributed by atoms with van der Waals surface area (Å²) in [5.41, 5.74) is 1.02. The summed E-state index contributed by atoms with van der Waals surface area (Å²) in [6.07, 6.45) is 0.114. The van der Waals surface area contributed by atoms with Crippen LogP contribution >= 0.6 is 0 Å². The minimum absolute atomic E-state index is 0.106. The lowest BCUT2D eigenvalue weighted by molar-refractivity contribution is -0.137. The molecule has 6 nitrogen and oxygen atoms in total. The number of likely N-dealkylation sites (N-methyl/N-ethyl adjacent to an activating group) is 1. The Morgan fingerprint density at radius 2 is 1.76 bits per heavy atom. The molecule has 0 radical (unpaired) electrons. The number of rotatable bonds is 8. The average molecular weight is 292 g/mol. The third kappa shape index (κ3) is 5.35. The van der Waals surface area contributed by atoms with Gasteiger partial charge in [0, 0.05) is 17.7 Å². The molecule has 21 heavy (non-hydrogen) atoms. The van der Waals surface area contributed by atoms with Gasteiger partial charge in [-0.2, -0.15) is 0 Å². The van der Waals surface area contributed by atoms with Crippen LogP contribution in [0.15, 0.2) is 24.3 Å². The van der Waals surface area contributed by atoms with Crippen LogP contribution in [-0.2, 0) is 9.59 Å². The number of Topliss-reactive ketones (excluding diaryl/α,β-unsaturated/α-hetero) is 1. The zero-order valence-corrected chi connectivity index (χ0v) is 12.2. The Labute approximate surface area is 123 Å². The molecule has 1 atom stereocenters. The molecule has 0 saturated carbocycles. The highest BCUT2D eigenvalue weighted by Crippen LogP contribution is 2.13. The summed E-state index contributed by atoms with van der Waals surface area (Å²) >= 11 is 0. The van der Waals surface area contributed by atoms with Gasteiger partial charge < -0.3 is 15.7 Å². The van der Waals surface area contributed by atoms with Crippen molar-refractivity contribution < 1.29 is 19.5 Å². The molecular formula is C15H20N2O4. The number of aliphatic carboxylic acids is 1. The van der Waals surface area contributed by atoms with Gasteiger partial charge in [-0.05, 0) is 30.8 Å². The zero-order valence-electron chi connectivity index (χ0n) is 12.2. The van der Waals surface area contributed by atoms with Gasteiger partial charge >= 0.3 is 5.97 Å².